The van der Waals surface area contributed by atoms with Gasteiger partial charge in [-0.1, -0.05) is 67.1 Å². The normalized spacial score (nSPS) is 11.2. The van der Waals surface area contributed by atoms with E-state index in [1.807, 2.05) is 36.4 Å². The maximum Gasteiger partial charge on any atom is 0.119 e. The van der Waals surface area contributed by atoms with Gasteiger partial charge in [0, 0.05) is 5.33 Å². The first kappa shape index (κ1) is 21.6. The molecule has 0 atom stereocenters. The van der Waals surface area contributed by atoms with Gasteiger partial charge in [-0.3, -0.25) is 0 Å². The molecule has 4 heteroatoms. The van der Waals surface area contributed by atoms with Crippen molar-refractivity contribution in [1.29, 1.82) is 0 Å². The molecule has 0 amide bonds. The molecule has 0 aromatic heterocycles. The number of nitrogens with zero attached hydrogens (tertiary/aromatic N) is 2. The minimum Gasteiger partial charge on any atom is -0.494 e. The number of hydrogen-bond donors (Lipinski definition) is 0. The lowest BCUT2D eigenvalue weighted by molar-refractivity contribution is 0.319. The molecular weight excluding hydrogens is 400 g/mol. The lowest BCUT2D eigenvalue weighted by Gasteiger charge is -2.04. The quantitative estimate of drug-likeness (QED) is 0.179. The number of azo groups is 1. The molecule has 3 nitrogen and oxygen atoms in total. The molecule has 0 bridgehead atoms. The second kappa shape index (κ2) is 13.5. The fourth-order valence-electron chi connectivity index (χ4n) is 2.81. The van der Waals surface area contributed by atoms with Gasteiger partial charge in [-0.25, -0.2) is 0 Å². The third-order valence-electron chi connectivity index (χ3n) is 4.42. The molecule has 0 spiro atoms. The molecule has 2 rings (SSSR count). The van der Waals surface area contributed by atoms with Crippen LogP contribution < -0.4 is 4.74 Å². The van der Waals surface area contributed by atoms with Crippen LogP contribution in [0.1, 0.15) is 57.4 Å². The van der Waals surface area contributed by atoms with Crippen LogP contribution in [0.4, 0.5) is 11.4 Å². The average molecular weight is 431 g/mol. The predicted octanol–water partition coefficient (Wildman–Crippen LogP) is 8.17. The standard InChI is InChI=1S/C23H31BrN2O/c1-2-3-4-5-6-7-9-20-10-12-21(13-11-20)25-26-22-14-16-23(17-15-22)27-19-8-18-24/h10-17H,2-9,18-19H2,1H3. The summed E-state index contributed by atoms with van der Waals surface area (Å²) in [6, 6.07) is 16.2. The average Bonchev–Trinajstić information content (AvgIpc) is 2.71. The van der Waals surface area contributed by atoms with Crippen LogP contribution in [-0.2, 0) is 6.42 Å². The molecule has 27 heavy (non-hydrogen) atoms. The molecule has 0 aliphatic heterocycles. The van der Waals surface area contributed by atoms with E-state index in [0.717, 1.165) is 41.9 Å². The van der Waals surface area contributed by atoms with Crippen LogP contribution in [0.25, 0.3) is 0 Å². The third-order valence-corrected chi connectivity index (χ3v) is 4.98. The van der Waals surface area contributed by atoms with Crippen LogP contribution in [0.5, 0.6) is 5.75 Å². The van der Waals surface area contributed by atoms with E-state index in [1.165, 1.54) is 44.1 Å². The maximum absolute atomic E-state index is 5.63. The topological polar surface area (TPSA) is 34.0 Å². The van der Waals surface area contributed by atoms with Crippen LogP contribution >= 0.6 is 15.9 Å². The minimum absolute atomic E-state index is 0.719. The van der Waals surface area contributed by atoms with Crippen LogP contribution in [-0.4, -0.2) is 11.9 Å². The number of benzene rings is 2. The van der Waals surface area contributed by atoms with Gasteiger partial charge in [-0.2, -0.15) is 10.2 Å². The first-order valence-electron chi connectivity index (χ1n) is 10.1. The van der Waals surface area contributed by atoms with Gasteiger partial charge in [0.05, 0.1) is 18.0 Å². The molecule has 0 radical (unpaired) electrons. The van der Waals surface area contributed by atoms with Crippen molar-refractivity contribution >= 4 is 27.3 Å². The molecule has 0 saturated heterocycles. The first-order chi connectivity index (χ1) is 13.3. The Morgan fingerprint density at radius 1 is 0.741 bits per heavy atom. The number of rotatable bonds is 13. The Morgan fingerprint density at radius 2 is 1.33 bits per heavy atom. The smallest absolute Gasteiger partial charge is 0.119 e. The van der Waals surface area contributed by atoms with Crippen molar-refractivity contribution in [3.63, 3.8) is 0 Å². The lowest BCUT2D eigenvalue weighted by atomic mass is 10.0. The highest BCUT2D eigenvalue weighted by Crippen LogP contribution is 2.22. The molecule has 0 N–H and O–H groups in total. The van der Waals surface area contributed by atoms with Gasteiger partial charge in [0.2, 0.25) is 0 Å². The molecule has 0 aliphatic carbocycles. The van der Waals surface area contributed by atoms with E-state index in [4.69, 9.17) is 4.74 Å². The summed E-state index contributed by atoms with van der Waals surface area (Å²) >= 11 is 3.40. The highest BCUT2D eigenvalue weighted by atomic mass is 79.9. The van der Waals surface area contributed by atoms with Crippen molar-refractivity contribution in [3.05, 3.63) is 54.1 Å². The molecule has 146 valence electrons. The zero-order chi connectivity index (χ0) is 19.2. The van der Waals surface area contributed by atoms with Crippen molar-refractivity contribution < 1.29 is 4.74 Å². The van der Waals surface area contributed by atoms with Crippen LogP contribution in [0, 0.1) is 0 Å². The van der Waals surface area contributed by atoms with Gasteiger partial charge < -0.3 is 4.74 Å². The number of unbranched alkanes of at least 4 members (excludes halogenated alkanes) is 5. The van der Waals surface area contributed by atoms with E-state index in [9.17, 15) is 0 Å². The second-order valence-electron chi connectivity index (χ2n) is 6.77. The maximum atomic E-state index is 5.63. The minimum atomic E-state index is 0.719. The summed E-state index contributed by atoms with van der Waals surface area (Å²) in [6.45, 7) is 2.98. The van der Waals surface area contributed by atoms with Crippen molar-refractivity contribution in [2.45, 2.75) is 58.3 Å². The van der Waals surface area contributed by atoms with Gasteiger partial charge in [0.15, 0.2) is 0 Å². The fourth-order valence-corrected chi connectivity index (χ4v) is 3.04. The Hall–Kier alpha value is -1.68. The van der Waals surface area contributed by atoms with E-state index in [1.54, 1.807) is 0 Å². The highest BCUT2D eigenvalue weighted by Gasteiger charge is 1.97. The van der Waals surface area contributed by atoms with Crippen molar-refractivity contribution in [1.82, 2.24) is 0 Å². The van der Waals surface area contributed by atoms with Crippen LogP contribution in [0.15, 0.2) is 58.8 Å². The largest absolute Gasteiger partial charge is 0.494 e. The fraction of sp³-hybridized carbons (Fsp3) is 0.478. The SMILES string of the molecule is CCCCCCCCc1ccc(N=Nc2ccc(OCCCBr)cc2)cc1. The predicted molar refractivity (Wildman–Crippen MR) is 118 cm³/mol. The molecule has 0 saturated carbocycles. The Morgan fingerprint density at radius 3 is 1.96 bits per heavy atom. The van der Waals surface area contributed by atoms with Gasteiger partial charge in [-0.15, -0.1) is 0 Å². The first-order valence-corrected chi connectivity index (χ1v) is 11.2. The summed E-state index contributed by atoms with van der Waals surface area (Å²) in [4.78, 5) is 0. The van der Waals surface area contributed by atoms with Gasteiger partial charge >= 0.3 is 0 Å². The van der Waals surface area contributed by atoms with E-state index >= 15 is 0 Å². The summed E-state index contributed by atoms with van der Waals surface area (Å²) in [5.41, 5.74) is 3.10. The zero-order valence-electron chi connectivity index (χ0n) is 16.4. The second-order valence-corrected chi connectivity index (χ2v) is 7.56. The number of alkyl halides is 1. The van der Waals surface area contributed by atoms with Crippen LogP contribution in [0.2, 0.25) is 0 Å². The zero-order valence-corrected chi connectivity index (χ0v) is 18.0. The van der Waals surface area contributed by atoms with Crippen LogP contribution in [0.3, 0.4) is 0 Å². The Balaban J connectivity index is 1.74. The summed E-state index contributed by atoms with van der Waals surface area (Å²) < 4.78 is 5.63. The van der Waals surface area contributed by atoms with E-state index in [-0.39, 0.29) is 0 Å². The van der Waals surface area contributed by atoms with Crippen molar-refractivity contribution in [3.8, 4) is 5.75 Å². The monoisotopic (exact) mass is 430 g/mol. The summed E-state index contributed by atoms with van der Waals surface area (Å²) in [7, 11) is 0. The Bertz CT molecular complexity index is 653. The van der Waals surface area contributed by atoms with E-state index in [2.05, 4.69) is 45.2 Å². The molecule has 0 aliphatic rings. The lowest BCUT2D eigenvalue weighted by Crippen LogP contribution is -1.96. The van der Waals surface area contributed by atoms with E-state index < -0.39 is 0 Å². The molecule has 0 fully saturated rings. The molecule has 2 aromatic carbocycles. The Kier molecular flexibility index (Phi) is 10.8. The number of ether oxygens (including phenoxy) is 1. The summed E-state index contributed by atoms with van der Waals surface area (Å²) in [5, 5.41) is 9.60. The molecule has 0 heterocycles. The van der Waals surface area contributed by atoms with Gasteiger partial charge in [-0.05, 0) is 61.2 Å². The summed E-state index contributed by atoms with van der Waals surface area (Å²) in [5.74, 6) is 0.869. The van der Waals surface area contributed by atoms with Gasteiger partial charge in [0.1, 0.15) is 5.75 Å². The Labute approximate surface area is 172 Å². The summed E-state index contributed by atoms with van der Waals surface area (Å²) in [6.07, 6.45) is 10.2. The number of hydrogen-bond acceptors (Lipinski definition) is 3. The number of halogens is 1. The van der Waals surface area contributed by atoms with E-state index in [0.29, 0.717) is 0 Å². The highest BCUT2D eigenvalue weighted by molar-refractivity contribution is 9.09. The third kappa shape index (κ3) is 9.18. The number of aryl methyl sites for hydroxylation is 1. The molecule has 0 unspecified atom stereocenters. The van der Waals surface area contributed by atoms with Crippen molar-refractivity contribution in [2.75, 3.05) is 11.9 Å². The van der Waals surface area contributed by atoms with Gasteiger partial charge in [0.25, 0.3) is 0 Å². The molecular formula is C23H31BrN2O. The molecule has 2 aromatic rings. The van der Waals surface area contributed by atoms with Crippen molar-refractivity contribution in [2.24, 2.45) is 10.2 Å².